The molecule has 19 heavy (non-hydrogen) atoms. The molecule has 0 saturated carbocycles. The molecule has 2 aromatic heterocycles. The Balaban J connectivity index is 1.65. The third-order valence-corrected chi connectivity index (χ3v) is 2.84. The number of amides is 1. The van der Waals surface area contributed by atoms with Crippen LogP contribution in [0.15, 0.2) is 18.6 Å². The van der Waals surface area contributed by atoms with Gasteiger partial charge in [0.2, 0.25) is 5.91 Å². The van der Waals surface area contributed by atoms with Crippen LogP contribution in [0.25, 0.3) is 0 Å². The maximum Gasteiger partial charge on any atom is 0.241 e. The molecule has 0 saturated heterocycles. The molecular formula is C12H18N6O. The fourth-order valence-electron chi connectivity index (χ4n) is 1.80. The van der Waals surface area contributed by atoms with Gasteiger partial charge in [-0.25, -0.2) is 0 Å². The van der Waals surface area contributed by atoms with Gasteiger partial charge in [0.25, 0.3) is 0 Å². The number of nitrogens with zero attached hydrogens (tertiary/aromatic N) is 3. The predicted molar refractivity (Wildman–Crippen MR) is 71.3 cm³/mol. The Hall–Kier alpha value is -2.31. The zero-order valence-corrected chi connectivity index (χ0v) is 10.9. The molecule has 1 amide bonds. The number of carbonyl (C=O) groups is 1. The number of hydrogen-bond donors (Lipinski definition) is 3. The van der Waals surface area contributed by atoms with Crippen LogP contribution in [0.1, 0.15) is 17.7 Å². The minimum atomic E-state index is -0.0629. The lowest BCUT2D eigenvalue weighted by atomic mass is 10.1. The van der Waals surface area contributed by atoms with E-state index in [1.54, 1.807) is 6.20 Å². The number of carbonyl (C=O) groups excluding carboxylic acids is 1. The van der Waals surface area contributed by atoms with Crippen molar-refractivity contribution in [1.82, 2.24) is 25.3 Å². The molecule has 0 spiro atoms. The van der Waals surface area contributed by atoms with Gasteiger partial charge >= 0.3 is 0 Å². The first-order valence-electron chi connectivity index (χ1n) is 6.18. The van der Waals surface area contributed by atoms with Crippen molar-refractivity contribution in [2.75, 3.05) is 12.3 Å². The van der Waals surface area contributed by atoms with Crippen molar-refractivity contribution in [2.45, 2.75) is 26.3 Å². The molecule has 0 atom stereocenters. The summed E-state index contributed by atoms with van der Waals surface area (Å²) in [5.41, 5.74) is 8.35. The monoisotopic (exact) mass is 262 g/mol. The number of H-pyrrole nitrogens is 1. The fraction of sp³-hybridized carbons (Fsp3) is 0.417. The molecule has 0 aromatic carbocycles. The van der Waals surface area contributed by atoms with E-state index in [1.165, 1.54) is 16.4 Å². The molecule has 4 N–H and O–H groups in total. The maximum absolute atomic E-state index is 11.6. The summed E-state index contributed by atoms with van der Waals surface area (Å²) in [7, 11) is 0. The SMILES string of the molecule is Cc1[nH]ncc1CCCNC(=O)Cn1cc(N)cn1. The van der Waals surface area contributed by atoms with Gasteiger partial charge in [-0.05, 0) is 25.3 Å². The number of nitrogens with one attached hydrogen (secondary N) is 2. The smallest absolute Gasteiger partial charge is 0.241 e. The van der Waals surface area contributed by atoms with Gasteiger partial charge in [0, 0.05) is 18.4 Å². The minimum absolute atomic E-state index is 0.0629. The van der Waals surface area contributed by atoms with Crippen LogP contribution in [0.4, 0.5) is 5.69 Å². The van der Waals surface area contributed by atoms with E-state index in [0.29, 0.717) is 12.2 Å². The van der Waals surface area contributed by atoms with E-state index in [1.807, 2.05) is 13.1 Å². The van der Waals surface area contributed by atoms with Gasteiger partial charge < -0.3 is 11.1 Å². The zero-order chi connectivity index (χ0) is 13.7. The lowest BCUT2D eigenvalue weighted by molar-refractivity contribution is -0.121. The van der Waals surface area contributed by atoms with E-state index in [0.717, 1.165) is 18.5 Å². The molecule has 0 radical (unpaired) electrons. The highest BCUT2D eigenvalue weighted by Gasteiger charge is 2.04. The highest BCUT2D eigenvalue weighted by Crippen LogP contribution is 2.05. The van der Waals surface area contributed by atoms with Crippen molar-refractivity contribution < 1.29 is 4.79 Å². The van der Waals surface area contributed by atoms with E-state index in [2.05, 4.69) is 20.6 Å². The molecule has 0 bridgehead atoms. The highest BCUT2D eigenvalue weighted by molar-refractivity contribution is 5.75. The highest BCUT2D eigenvalue weighted by atomic mass is 16.2. The van der Waals surface area contributed by atoms with Gasteiger partial charge in [-0.15, -0.1) is 0 Å². The van der Waals surface area contributed by atoms with Crippen molar-refractivity contribution in [3.8, 4) is 0 Å². The first kappa shape index (κ1) is 13.1. The van der Waals surface area contributed by atoms with Crippen LogP contribution in [0, 0.1) is 6.92 Å². The summed E-state index contributed by atoms with van der Waals surface area (Å²) in [4.78, 5) is 11.6. The Morgan fingerprint density at radius 3 is 3.00 bits per heavy atom. The summed E-state index contributed by atoms with van der Waals surface area (Å²) in [6.07, 6.45) is 6.76. The molecule has 2 rings (SSSR count). The van der Waals surface area contributed by atoms with Crippen LogP contribution < -0.4 is 11.1 Å². The number of aromatic amines is 1. The number of rotatable bonds is 6. The van der Waals surface area contributed by atoms with Gasteiger partial charge in [0.05, 0.1) is 18.1 Å². The number of nitrogen functional groups attached to an aromatic ring is 1. The third-order valence-electron chi connectivity index (χ3n) is 2.84. The van der Waals surface area contributed by atoms with Gasteiger partial charge in [-0.1, -0.05) is 0 Å². The van der Waals surface area contributed by atoms with Crippen LogP contribution in [0.2, 0.25) is 0 Å². The summed E-state index contributed by atoms with van der Waals surface area (Å²) in [5, 5.41) is 13.7. The summed E-state index contributed by atoms with van der Waals surface area (Å²) < 4.78 is 1.52. The second-order valence-corrected chi connectivity index (χ2v) is 4.44. The molecular weight excluding hydrogens is 244 g/mol. The summed E-state index contributed by atoms with van der Waals surface area (Å²) in [6, 6.07) is 0. The number of hydrogen-bond acceptors (Lipinski definition) is 4. The Kier molecular flexibility index (Phi) is 4.17. The van der Waals surface area contributed by atoms with Gasteiger partial charge in [-0.3, -0.25) is 14.6 Å². The van der Waals surface area contributed by atoms with E-state index >= 15 is 0 Å². The van der Waals surface area contributed by atoms with Crippen molar-refractivity contribution in [3.63, 3.8) is 0 Å². The topological polar surface area (TPSA) is 102 Å². The molecule has 7 nitrogen and oxygen atoms in total. The van der Waals surface area contributed by atoms with Crippen molar-refractivity contribution in [1.29, 1.82) is 0 Å². The summed E-state index contributed by atoms with van der Waals surface area (Å²) in [5.74, 6) is -0.0629. The number of nitrogens with two attached hydrogens (primary N) is 1. The zero-order valence-electron chi connectivity index (χ0n) is 10.9. The largest absolute Gasteiger partial charge is 0.396 e. The van der Waals surface area contributed by atoms with Crippen molar-refractivity contribution in [2.24, 2.45) is 0 Å². The Bertz CT molecular complexity index is 544. The van der Waals surface area contributed by atoms with Gasteiger partial charge in [-0.2, -0.15) is 10.2 Å². The number of aryl methyl sites for hydroxylation is 2. The second-order valence-electron chi connectivity index (χ2n) is 4.44. The lowest BCUT2D eigenvalue weighted by Gasteiger charge is -2.05. The van der Waals surface area contributed by atoms with E-state index in [9.17, 15) is 4.79 Å². The number of aromatic nitrogens is 4. The van der Waals surface area contributed by atoms with Crippen molar-refractivity contribution in [3.05, 3.63) is 29.8 Å². The van der Waals surface area contributed by atoms with Gasteiger partial charge in [0.1, 0.15) is 6.54 Å². The average molecular weight is 262 g/mol. The van der Waals surface area contributed by atoms with E-state index in [4.69, 9.17) is 5.73 Å². The van der Waals surface area contributed by atoms with Crippen molar-refractivity contribution >= 4 is 11.6 Å². The van der Waals surface area contributed by atoms with Crippen LogP contribution in [-0.4, -0.2) is 32.4 Å². The molecule has 0 unspecified atom stereocenters. The molecule has 0 aliphatic heterocycles. The standard InChI is InChI=1S/C12H18N6O/c1-9-10(5-15-17-9)3-2-4-14-12(19)8-18-7-11(13)6-16-18/h5-7H,2-4,8,13H2,1H3,(H,14,19)(H,15,17). The summed E-state index contributed by atoms with van der Waals surface area (Å²) >= 11 is 0. The first-order chi connectivity index (χ1) is 9.15. The quantitative estimate of drug-likeness (QED) is 0.649. The predicted octanol–water partition coefficient (Wildman–Crippen LogP) is 0.246. The molecule has 102 valence electrons. The fourth-order valence-corrected chi connectivity index (χ4v) is 1.80. The van der Waals surface area contributed by atoms with Crippen LogP contribution in [-0.2, 0) is 17.8 Å². The molecule has 7 heteroatoms. The molecule has 2 aromatic rings. The molecule has 0 aliphatic carbocycles. The molecule has 0 aliphatic rings. The summed E-state index contributed by atoms with van der Waals surface area (Å²) in [6.45, 7) is 2.82. The maximum atomic E-state index is 11.6. The number of anilines is 1. The molecule has 0 fully saturated rings. The first-order valence-corrected chi connectivity index (χ1v) is 6.18. The molecule has 2 heterocycles. The van der Waals surface area contributed by atoms with Gasteiger partial charge in [0.15, 0.2) is 0 Å². The minimum Gasteiger partial charge on any atom is -0.396 e. The van der Waals surface area contributed by atoms with E-state index in [-0.39, 0.29) is 12.5 Å². The Morgan fingerprint density at radius 2 is 2.37 bits per heavy atom. The second kappa shape index (κ2) is 6.03. The third kappa shape index (κ3) is 3.84. The lowest BCUT2D eigenvalue weighted by Crippen LogP contribution is -2.28. The van der Waals surface area contributed by atoms with Crippen LogP contribution in [0.3, 0.4) is 0 Å². The Morgan fingerprint density at radius 1 is 1.53 bits per heavy atom. The van der Waals surface area contributed by atoms with Crippen LogP contribution in [0.5, 0.6) is 0 Å². The Labute approximate surface area is 111 Å². The van der Waals surface area contributed by atoms with E-state index < -0.39 is 0 Å². The van der Waals surface area contributed by atoms with Crippen LogP contribution >= 0.6 is 0 Å². The average Bonchev–Trinajstić information content (AvgIpc) is 2.94. The normalized spacial score (nSPS) is 10.6.